The molecule has 112 valence electrons. The Morgan fingerprint density at radius 3 is 2.55 bits per heavy atom. The highest BCUT2D eigenvalue weighted by molar-refractivity contribution is 5.54. The maximum absolute atomic E-state index is 12.6. The molecule has 1 saturated carbocycles. The van der Waals surface area contributed by atoms with Gasteiger partial charge in [-0.3, -0.25) is 0 Å². The van der Waals surface area contributed by atoms with Crippen molar-refractivity contribution in [2.45, 2.75) is 31.6 Å². The Labute approximate surface area is 116 Å². The van der Waals surface area contributed by atoms with E-state index in [-0.39, 0.29) is 13.2 Å². The zero-order valence-electron chi connectivity index (χ0n) is 11.2. The van der Waals surface area contributed by atoms with Crippen LogP contribution in [0.2, 0.25) is 0 Å². The van der Waals surface area contributed by atoms with Crippen molar-refractivity contribution < 1.29 is 18.3 Å². The highest BCUT2D eigenvalue weighted by Crippen LogP contribution is 2.26. The van der Waals surface area contributed by atoms with E-state index in [9.17, 15) is 13.2 Å². The second-order valence-corrected chi connectivity index (χ2v) is 5.04. The van der Waals surface area contributed by atoms with Crippen LogP contribution in [0.4, 0.5) is 18.9 Å². The Kier molecular flexibility index (Phi) is 4.88. The number of alkyl halides is 3. The number of hydrogen-bond acceptors (Lipinski definition) is 3. The van der Waals surface area contributed by atoms with Crippen LogP contribution in [-0.2, 0) is 6.54 Å². The molecule has 0 radical (unpaired) electrons. The van der Waals surface area contributed by atoms with Crippen LogP contribution in [0.5, 0.6) is 0 Å². The van der Waals surface area contributed by atoms with Gasteiger partial charge < -0.3 is 15.3 Å². The van der Waals surface area contributed by atoms with Crippen molar-refractivity contribution in [2.75, 3.05) is 24.6 Å². The van der Waals surface area contributed by atoms with Crippen molar-refractivity contribution in [3.8, 4) is 0 Å². The molecule has 0 heterocycles. The van der Waals surface area contributed by atoms with E-state index >= 15 is 0 Å². The molecule has 1 aliphatic rings. The minimum absolute atomic E-state index is 0.0278. The highest BCUT2D eigenvalue weighted by atomic mass is 19.4. The summed E-state index contributed by atoms with van der Waals surface area (Å²) in [6, 6.07) is 7.53. The van der Waals surface area contributed by atoms with E-state index in [0.717, 1.165) is 18.4 Å². The molecule has 0 amide bonds. The fourth-order valence-electron chi connectivity index (χ4n) is 2.13. The lowest BCUT2D eigenvalue weighted by atomic mass is 10.1. The fourth-order valence-corrected chi connectivity index (χ4v) is 2.13. The van der Waals surface area contributed by atoms with Gasteiger partial charge in [0.2, 0.25) is 0 Å². The van der Waals surface area contributed by atoms with Crippen LogP contribution in [0, 0.1) is 0 Å². The third-order valence-corrected chi connectivity index (χ3v) is 3.23. The average molecular weight is 288 g/mol. The minimum atomic E-state index is -4.29. The van der Waals surface area contributed by atoms with Crippen LogP contribution in [-0.4, -0.2) is 37.0 Å². The Morgan fingerprint density at radius 1 is 1.25 bits per heavy atom. The lowest BCUT2D eigenvalue weighted by molar-refractivity contribution is -0.119. The normalized spacial score (nSPS) is 15.4. The van der Waals surface area contributed by atoms with Crippen LogP contribution < -0.4 is 10.2 Å². The summed E-state index contributed by atoms with van der Waals surface area (Å²) < 4.78 is 37.9. The van der Waals surface area contributed by atoms with Crippen molar-refractivity contribution >= 4 is 5.69 Å². The van der Waals surface area contributed by atoms with Crippen LogP contribution in [0.25, 0.3) is 0 Å². The number of rotatable bonds is 7. The van der Waals surface area contributed by atoms with Crippen LogP contribution in [0.15, 0.2) is 24.3 Å². The fraction of sp³-hybridized carbons (Fsp3) is 0.571. The van der Waals surface area contributed by atoms with Crippen molar-refractivity contribution in [3.63, 3.8) is 0 Å². The predicted molar refractivity (Wildman–Crippen MR) is 71.7 cm³/mol. The summed E-state index contributed by atoms with van der Waals surface area (Å²) in [5, 5.41) is 12.3. The maximum Gasteiger partial charge on any atom is 0.405 e. The molecule has 0 aromatic heterocycles. The molecule has 1 aromatic rings. The number of anilines is 1. The number of nitrogens with one attached hydrogen (secondary N) is 1. The molecule has 0 unspecified atom stereocenters. The van der Waals surface area contributed by atoms with E-state index in [1.54, 1.807) is 12.1 Å². The molecule has 0 bridgehead atoms. The lowest BCUT2D eigenvalue weighted by Gasteiger charge is -2.27. The molecular formula is C14H19F3N2O. The largest absolute Gasteiger partial charge is 0.405 e. The van der Waals surface area contributed by atoms with Gasteiger partial charge in [-0.2, -0.15) is 13.2 Å². The van der Waals surface area contributed by atoms with E-state index in [4.69, 9.17) is 5.11 Å². The zero-order valence-corrected chi connectivity index (χ0v) is 11.2. The summed E-state index contributed by atoms with van der Waals surface area (Å²) in [6.45, 7) is -0.824. The molecule has 0 aliphatic heterocycles. The third kappa shape index (κ3) is 4.68. The Morgan fingerprint density at radius 2 is 1.95 bits per heavy atom. The average Bonchev–Trinajstić information content (AvgIpc) is 3.19. The molecular weight excluding hydrogens is 269 g/mol. The molecule has 1 aromatic carbocycles. The van der Waals surface area contributed by atoms with Gasteiger partial charge in [-0.15, -0.1) is 0 Å². The number of aliphatic hydroxyl groups is 1. The number of aliphatic hydroxyl groups excluding tert-OH is 1. The van der Waals surface area contributed by atoms with Crippen LogP contribution in [0.3, 0.4) is 0 Å². The maximum atomic E-state index is 12.6. The van der Waals surface area contributed by atoms with E-state index in [1.165, 1.54) is 4.90 Å². The molecule has 20 heavy (non-hydrogen) atoms. The standard InChI is InChI=1S/C14H19F3N2O/c15-14(16,17)10-19(7-8-20)13-4-2-1-3-11(13)9-18-12-5-6-12/h1-4,12,18,20H,5-10H2. The van der Waals surface area contributed by atoms with E-state index in [0.29, 0.717) is 18.3 Å². The second-order valence-electron chi connectivity index (χ2n) is 5.04. The number of halogens is 3. The summed E-state index contributed by atoms with van der Waals surface area (Å²) in [6.07, 6.45) is -2.03. The van der Waals surface area contributed by atoms with Gasteiger partial charge in [0.05, 0.1) is 6.61 Å². The monoisotopic (exact) mass is 288 g/mol. The van der Waals surface area contributed by atoms with Gasteiger partial charge in [0, 0.05) is 24.8 Å². The molecule has 1 aliphatic carbocycles. The van der Waals surface area contributed by atoms with E-state index in [1.807, 2.05) is 12.1 Å². The van der Waals surface area contributed by atoms with Crippen molar-refractivity contribution in [1.82, 2.24) is 5.32 Å². The molecule has 2 rings (SSSR count). The van der Waals surface area contributed by atoms with Crippen LogP contribution >= 0.6 is 0 Å². The number of hydrogen-bond donors (Lipinski definition) is 2. The van der Waals surface area contributed by atoms with Gasteiger partial charge >= 0.3 is 6.18 Å². The predicted octanol–water partition coefficient (Wildman–Crippen LogP) is 2.30. The molecule has 2 N–H and O–H groups in total. The highest BCUT2D eigenvalue weighted by Gasteiger charge is 2.31. The lowest BCUT2D eigenvalue weighted by Crippen LogP contribution is -2.37. The van der Waals surface area contributed by atoms with Gasteiger partial charge in [0.15, 0.2) is 0 Å². The van der Waals surface area contributed by atoms with Gasteiger partial charge in [0.25, 0.3) is 0 Å². The SMILES string of the molecule is OCCN(CC(F)(F)F)c1ccccc1CNC1CC1. The topological polar surface area (TPSA) is 35.5 Å². The van der Waals surface area contributed by atoms with Gasteiger partial charge in [-0.25, -0.2) is 0 Å². The first-order chi connectivity index (χ1) is 9.49. The number of benzene rings is 1. The number of para-hydroxylation sites is 1. The van der Waals surface area contributed by atoms with Gasteiger partial charge in [-0.1, -0.05) is 18.2 Å². The van der Waals surface area contributed by atoms with Crippen molar-refractivity contribution in [1.29, 1.82) is 0 Å². The Balaban J connectivity index is 2.12. The Bertz CT molecular complexity index is 433. The molecule has 0 saturated heterocycles. The number of nitrogens with zero attached hydrogens (tertiary/aromatic N) is 1. The second kappa shape index (κ2) is 6.45. The minimum Gasteiger partial charge on any atom is -0.395 e. The van der Waals surface area contributed by atoms with Crippen molar-refractivity contribution in [3.05, 3.63) is 29.8 Å². The third-order valence-electron chi connectivity index (χ3n) is 3.23. The van der Waals surface area contributed by atoms with E-state index < -0.39 is 12.7 Å². The summed E-state index contributed by atoms with van der Waals surface area (Å²) >= 11 is 0. The molecule has 6 heteroatoms. The quantitative estimate of drug-likeness (QED) is 0.808. The van der Waals surface area contributed by atoms with Crippen LogP contribution in [0.1, 0.15) is 18.4 Å². The summed E-state index contributed by atoms with van der Waals surface area (Å²) in [7, 11) is 0. The summed E-state index contributed by atoms with van der Waals surface area (Å²) in [5.41, 5.74) is 1.36. The summed E-state index contributed by atoms with van der Waals surface area (Å²) in [4.78, 5) is 1.18. The first kappa shape index (κ1) is 15.1. The van der Waals surface area contributed by atoms with Gasteiger partial charge in [0.1, 0.15) is 6.54 Å². The first-order valence-electron chi connectivity index (χ1n) is 6.73. The molecule has 0 atom stereocenters. The van der Waals surface area contributed by atoms with E-state index in [2.05, 4.69) is 5.32 Å². The molecule has 1 fully saturated rings. The molecule has 0 spiro atoms. The molecule has 3 nitrogen and oxygen atoms in total. The van der Waals surface area contributed by atoms with Crippen molar-refractivity contribution in [2.24, 2.45) is 0 Å². The zero-order chi connectivity index (χ0) is 14.6. The van der Waals surface area contributed by atoms with Gasteiger partial charge in [-0.05, 0) is 24.5 Å². The Hall–Kier alpha value is -1.27. The smallest absolute Gasteiger partial charge is 0.395 e. The first-order valence-corrected chi connectivity index (χ1v) is 6.73. The summed E-state index contributed by atoms with van der Waals surface area (Å²) in [5.74, 6) is 0.